The van der Waals surface area contributed by atoms with Crippen LogP contribution in [0.25, 0.3) is 0 Å². The third-order valence-corrected chi connectivity index (χ3v) is 5.32. The van der Waals surface area contributed by atoms with E-state index in [2.05, 4.69) is 30.9 Å². The van der Waals surface area contributed by atoms with Crippen molar-refractivity contribution in [3.8, 4) is 0 Å². The predicted molar refractivity (Wildman–Crippen MR) is 114 cm³/mol. The average Bonchev–Trinajstić information content (AvgIpc) is 3.24. The van der Waals surface area contributed by atoms with Crippen molar-refractivity contribution in [2.45, 2.75) is 51.2 Å². The van der Waals surface area contributed by atoms with E-state index in [0.29, 0.717) is 17.3 Å². The second-order valence-electron chi connectivity index (χ2n) is 8.06. The first-order chi connectivity index (χ1) is 13.7. The zero-order valence-electron chi connectivity index (χ0n) is 17.2. The Hall–Kier alpha value is -2.54. The summed E-state index contributed by atoms with van der Waals surface area (Å²) in [5.41, 5.74) is 1.73. The molecule has 4 N–H and O–H groups in total. The number of hydrogen-bond acceptors (Lipinski definition) is 6. The maximum absolute atomic E-state index is 11.8. The number of anilines is 3. The van der Waals surface area contributed by atoms with Gasteiger partial charge < -0.3 is 25.0 Å². The maximum Gasteiger partial charge on any atom is 0.407 e. The van der Waals surface area contributed by atoms with E-state index in [1.807, 2.05) is 26.0 Å². The van der Waals surface area contributed by atoms with E-state index >= 15 is 0 Å². The van der Waals surface area contributed by atoms with Gasteiger partial charge >= 0.3 is 6.09 Å². The van der Waals surface area contributed by atoms with Crippen molar-refractivity contribution in [2.75, 3.05) is 23.7 Å². The Morgan fingerprint density at radius 3 is 2.72 bits per heavy atom. The summed E-state index contributed by atoms with van der Waals surface area (Å²) < 4.78 is 17.3. The molecule has 2 atom stereocenters. The number of aromatic nitrogens is 3. The molecule has 0 bridgehead atoms. The Kier molecular flexibility index (Phi) is 6.47. The number of carbonyl (C=O) groups is 1. The van der Waals surface area contributed by atoms with E-state index in [-0.39, 0.29) is 24.2 Å². The van der Waals surface area contributed by atoms with E-state index in [1.54, 1.807) is 25.6 Å². The van der Waals surface area contributed by atoms with Gasteiger partial charge in [0.05, 0.1) is 11.9 Å². The molecule has 10 heteroatoms. The highest BCUT2D eigenvalue weighted by Crippen LogP contribution is 2.37. The molecule has 3 rings (SSSR count). The Bertz CT molecular complexity index is 876. The molecule has 2 aromatic rings. The Balaban J connectivity index is 1.53. The molecule has 2 heterocycles. The lowest BCUT2D eigenvalue weighted by Gasteiger charge is -2.14. The lowest BCUT2D eigenvalue weighted by molar-refractivity contribution is 0.0981. The van der Waals surface area contributed by atoms with Gasteiger partial charge in [0, 0.05) is 37.0 Å². The summed E-state index contributed by atoms with van der Waals surface area (Å²) in [5.74, 6) is 1.60. The van der Waals surface area contributed by atoms with Gasteiger partial charge in [0.2, 0.25) is 0 Å². The summed E-state index contributed by atoms with van der Waals surface area (Å²) in [5, 5.41) is 16.2. The molecule has 0 saturated heterocycles. The van der Waals surface area contributed by atoms with E-state index < -0.39 is 7.29 Å². The van der Waals surface area contributed by atoms with Crippen LogP contribution < -0.4 is 15.7 Å². The number of ether oxygens (including phenoxy) is 1. The van der Waals surface area contributed by atoms with Gasteiger partial charge in [0.25, 0.3) is 0 Å². The number of carbonyl (C=O) groups excluding carboxylic acids is 1. The zero-order valence-corrected chi connectivity index (χ0v) is 18.1. The molecular weight excluding hydrogens is 391 g/mol. The van der Waals surface area contributed by atoms with Crippen molar-refractivity contribution in [2.24, 2.45) is 0 Å². The van der Waals surface area contributed by atoms with Gasteiger partial charge in [0.1, 0.15) is 11.9 Å². The molecule has 1 amide bonds. The number of nitrogens with one attached hydrogen (secondary N) is 4. The minimum absolute atomic E-state index is 0.0628. The van der Waals surface area contributed by atoms with Crippen molar-refractivity contribution >= 4 is 30.7 Å². The number of nitrogens with zero attached hydrogens (tertiary/aromatic N) is 2. The SMILES string of the molecule is CC(C)NC(=O)O[C@@H]1CC[C@H](c2cc(Nc3ccc(NP(C)(C)=O)cn3)n[nH]2)C1. The summed E-state index contributed by atoms with van der Waals surface area (Å²) >= 11 is 0. The Morgan fingerprint density at radius 1 is 1.28 bits per heavy atom. The van der Waals surface area contributed by atoms with Crippen molar-refractivity contribution in [1.29, 1.82) is 0 Å². The second kappa shape index (κ2) is 8.86. The lowest BCUT2D eigenvalue weighted by Crippen LogP contribution is -2.33. The number of amides is 1. The first kappa shape index (κ1) is 21.2. The van der Waals surface area contributed by atoms with E-state index in [4.69, 9.17) is 4.74 Å². The number of H-pyrrole nitrogens is 1. The molecule has 0 unspecified atom stereocenters. The summed E-state index contributed by atoms with van der Waals surface area (Å²) in [7, 11) is -2.36. The maximum atomic E-state index is 11.8. The Morgan fingerprint density at radius 2 is 2.07 bits per heavy atom. The van der Waals surface area contributed by atoms with Gasteiger partial charge in [-0.15, -0.1) is 0 Å². The molecular formula is C19H29N6O3P. The third kappa shape index (κ3) is 6.49. The van der Waals surface area contributed by atoms with Crippen LogP contribution in [0.5, 0.6) is 0 Å². The van der Waals surface area contributed by atoms with Crippen LogP contribution in [0.3, 0.4) is 0 Å². The van der Waals surface area contributed by atoms with Crippen molar-refractivity contribution < 1.29 is 14.1 Å². The summed E-state index contributed by atoms with van der Waals surface area (Å²) in [6.07, 6.45) is 3.76. The van der Waals surface area contributed by atoms with Crippen LogP contribution in [-0.2, 0) is 9.30 Å². The topological polar surface area (TPSA) is 121 Å². The molecule has 0 spiro atoms. The number of pyridine rings is 1. The van der Waals surface area contributed by atoms with Crippen LogP contribution in [0.15, 0.2) is 24.4 Å². The van der Waals surface area contributed by atoms with Gasteiger partial charge in [-0.1, -0.05) is 0 Å². The normalized spacial score (nSPS) is 19.2. The fourth-order valence-electron chi connectivity index (χ4n) is 3.34. The van der Waals surface area contributed by atoms with E-state index in [9.17, 15) is 9.36 Å². The van der Waals surface area contributed by atoms with Crippen LogP contribution in [0.1, 0.15) is 44.7 Å². The monoisotopic (exact) mass is 420 g/mol. The van der Waals surface area contributed by atoms with E-state index in [0.717, 1.165) is 25.0 Å². The van der Waals surface area contributed by atoms with E-state index in [1.165, 1.54) is 0 Å². The molecule has 1 saturated carbocycles. The van der Waals surface area contributed by atoms with Crippen LogP contribution >= 0.6 is 7.29 Å². The highest BCUT2D eigenvalue weighted by atomic mass is 31.2. The summed E-state index contributed by atoms with van der Waals surface area (Å²) in [4.78, 5) is 16.1. The highest BCUT2D eigenvalue weighted by molar-refractivity contribution is 7.63. The smallest absolute Gasteiger partial charge is 0.407 e. The molecule has 158 valence electrons. The average molecular weight is 420 g/mol. The first-order valence-corrected chi connectivity index (χ1v) is 12.4. The van der Waals surface area contributed by atoms with Crippen molar-refractivity contribution in [3.63, 3.8) is 0 Å². The van der Waals surface area contributed by atoms with Crippen LogP contribution in [-0.4, -0.2) is 46.8 Å². The number of hydrogen-bond donors (Lipinski definition) is 4. The fourth-order valence-corrected chi connectivity index (χ4v) is 4.09. The molecule has 1 aliphatic carbocycles. The molecule has 9 nitrogen and oxygen atoms in total. The summed E-state index contributed by atoms with van der Waals surface area (Å²) in [6, 6.07) is 5.65. The minimum Gasteiger partial charge on any atom is -0.446 e. The number of aromatic amines is 1. The standard InChI is InChI=1S/C19H29N6O3P/c1-12(2)21-19(26)28-15-7-5-13(9-15)16-10-18(24-23-16)22-17-8-6-14(11-20-17)25-29(3,4)27/h6,8,10-13,15H,5,7,9H2,1-4H3,(H,21,26)(H,25,27)(H2,20,22,23,24)/t13-,15+/m0/s1. The molecule has 0 aromatic carbocycles. The van der Waals surface area contributed by atoms with Crippen molar-refractivity contribution in [3.05, 3.63) is 30.1 Å². The molecule has 29 heavy (non-hydrogen) atoms. The molecule has 0 radical (unpaired) electrons. The third-order valence-electron chi connectivity index (χ3n) is 4.52. The first-order valence-electron chi connectivity index (χ1n) is 9.77. The van der Waals surface area contributed by atoms with Gasteiger partial charge in [-0.05, 0) is 45.2 Å². The minimum atomic E-state index is -2.36. The Labute approximate surface area is 170 Å². The molecule has 1 aliphatic rings. The molecule has 0 aliphatic heterocycles. The molecule has 2 aromatic heterocycles. The number of alkyl carbamates (subject to hydrolysis) is 1. The quantitative estimate of drug-likeness (QED) is 0.494. The van der Waals surface area contributed by atoms with Crippen LogP contribution in [0.2, 0.25) is 0 Å². The zero-order chi connectivity index (χ0) is 21.0. The van der Waals surface area contributed by atoms with Gasteiger partial charge in [-0.3, -0.25) is 5.10 Å². The van der Waals surface area contributed by atoms with Crippen LogP contribution in [0, 0.1) is 0 Å². The molecule has 1 fully saturated rings. The summed E-state index contributed by atoms with van der Waals surface area (Å²) in [6.45, 7) is 7.14. The van der Waals surface area contributed by atoms with Gasteiger partial charge in [-0.25, -0.2) is 9.78 Å². The lowest BCUT2D eigenvalue weighted by atomic mass is 10.0. The fraction of sp³-hybridized carbons (Fsp3) is 0.526. The second-order valence-corrected chi connectivity index (χ2v) is 11.0. The van der Waals surface area contributed by atoms with Gasteiger partial charge in [-0.2, -0.15) is 5.10 Å². The van der Waals surface area contributed by atoms with Crippen molar-refractivity contribution in [1.82, 2.24) is 20.5 Å². The van der Waals surface area contributed by atoms with Gasteiger partial charge in [0.15, 0.2) is 13.1 Å². The van der Waals surface area contributed by atoms with Crippen LogP contribution in [0.4, 0.5) is 22.1 Å². The largest absolute Gasteiger partial charge is 0.446 e. The highest BCUT2D eigenvalue weighted by Gasteiger charge is 2.30. The number of rotatable bonds is 7. The predicted octanol–water partition coefficient (Wildman–Crippen LogP) is 4.27.